The molecular weight excluding hydrogens is 306 g/mol. The third kappa shape index (κ3) is 3.38. The molecule has 0 unspecified atom stereocenters. The molecule has 1 heterocycles. The van der Waals surface area contributed by atoms with Gasteiger partial charge in [-0.05, 0) is 47.5 Å². The lowest BCUT2D eigenvalue weighted by Gasteiger charge is -2.27. The van der Waals surface area contributed by atoms with E-state index in [9.17, 15) is 4.79 Å². The minimum atomic E-state index is -0.188. The standard InChI is InChI=1S/C14H18BrN3O/c1-3-8-18-14(19)13(15)12(9-16-18)17-11-6-4-10(2)5-7-11/h1,9-11,17H,4-8H2,2H3. The summed E-state index contributed by atoms with van der Waals surface area (Å²) in [5.74, 6) is 3.23. The quantitative estimate of drug-likeness (QED) is 0.870. The van der Waals surface area contributed by atoms with E-state index in [1.165, 1.54) is 17.5 Å². The van der Waals surface area contributed by atoms with Crippen LogP contribution in [0.1, 0.15) is 32.6 Å². The summed E-state index contributed by atoms with van der Waals surface area (Å²) in [7, 11) is 0. The molecule has 0 aliphatic heterocycles. The van der Waals surface area contributed by atoms with Gasteiger partial charge < -0.3 is 5.32 Å². The van der Waals surface area contributed by atoms with Crippen molar-refractivity contribution in [2.75, 3.05) is 5.32 Å². The Balaban J connectivity index is 2.11. The Labute approximate surface area is 121 Å². The molecule has 1 aromatic heterocycles. The van der Waals surface area contributed by atoms with Crippen molar-refractivity contribution in [2.24, 2.45) is 5.92 Å². The van der Waals surface area contributed by atoms with E-state index >= 15 is 0 Å². The fourth-order valence-electron chi connectivity index (χ4n) is 2.39. The number of hydrogen-bond donors (Lipinski definition) is 1. The smallest absolute Gasteiger partial charge is 0.284 e. The Kier molecular flexibility index (Phi) is 4.65. The zero-order valence-electron chi connectivity index (χ0n) is 11.0. The number of aromatic nitrogens is 2. The molecule has 0 radical (unpaired) electrons. The third-order valence-corrected chi connectivity index (χ3v) is 4.37. The largest absolute Gasteiger partial charge is 0.380 e. The number of terminal acetylenes is 1. The molecule has 1 fully saturated rings. The second kappa shape index (κ2) is 6.25. The maximum absolute atomic E-state index is 12.0. The highest BCUT2D eigenvalue weighted by Crippen LogP contribution is 2.27. The first-order valence-electron chi connectivity index (χ1n) is 6.57. The first-order chi connectivity index (χ1) is 9.11. The molecule has 0 atom stereocenters. The van der Waals surface area contributed by atoms with Crippen molar-refractivity contribution in [2.45, 2.75) is 45.2 Å². The molecule has 0 amide bonds. The van der Waals surface area contributed by atoms with Crippen molar-refractivity contribution < 1.29 is 0 Å². The van der Waals surface area contributed by atoms with E-state index in [1.54, 1.807) is 6.20 Å². The van der Waals surface area contributed by atoms with Crippen LogP contribution < -0.4 is 10.9 Å². The lowest BCUT2D eigenvalue weighted by atomic mass is 9.87. The summed E-state index contributed by atoms with van der Waals surface area (Å²) in [5.41, 5.74) is 0.574. The van der Waals surface area contributed by atoms with Crippen LogP contribution >= 0.6 is 15.9 Å². The molecule has 0 spiro atoms. The zero-order chi connectivity index (χ0) is 13.8. The van der Waals surface area contributed by atoms with Crippen LogP contribution in [0.4, 0.5) is 5.69 Å². The Bertz CT molecular complexity index is 539. The van der Waals surface area contributed by atoms with Gasteiger partial charge in [0.2, 0.25) is 0 Å². The Hall–Kier alpha value is -1.28. The van der Waals surface area contributed by atoms with Gasteiger partial charge in [-0.3, -0.25) is 4.79 Å². The molecule has 1 N–H and O–H groups in total. The number of rotatable bonds is 3. The zero-order valence-corrected chi connectivity index (χ0v) is 12.6. The average Bonchev–Trinajstić information content (AvgIpc) is 2.41. The summed E-state index contributed by atoms with van der Waals surface area (Å²) in [4.78, 5) is 12.0. The third-order valence-electron chi connectivity index (χ3n) is 3.60. The number of nitrogens with zero attached hydrogens (tertiary/aromatic N) is 2. The van der Waals surface area contributed by atoms with Crippen LogP contribution in [0.5, 0.6) is 0 Å². The molecule has 4 nitrogen and oxygen atoms in total. The number of hydrogen-bond acceptors (Lipinski definition) is 3. The average molecular weight is 324 g/mol. The molecule has 0 aromatic carbocycles. The normalized spacial score (nSPS) is 22.8. The molecule has 1 aliphatic carbocycles. The lowest BCUT2D eigenvalue weighted by Crippen LogP contribution is -2.29. The van der Waals surface area contributed by atoms with E-state index in [0.717, 1.165) is 24.4 Å². The molecule has 1 aliphatic rings. The molecule has 5 heteroatoms. The highest BCUT2D eigenvalue weighted by Gasteiger charge is 2.19. The Morgan fingerprint density at radius 2 is 2.21 bits per heavy atom. The van der Waals surface area contributed by atoms with Gasteiger partial charge in [0.15, 0.2) is 0 Å². The number of halogens is 1. The van der Waals surface area contributed by atoms with Crippen LogP contribution in [0.25, 0.3) is 0 Å². The predicted molar refractivity (Wildman–Crippen MR) is 80.1 cm³/mol. The van der Waals surface area contributed by atoms with Gasteiger partial charge >= 0.3 is 0 Å². The van der Waals surface area contributed by atoms with Gasteiger partial charge in [-0.2, -0.15) is 5.10 Å². The molecule has 0 saturated heterocycles. The maximum atomic E-state index is 12.0. The van der Waals surface area contributed by atoms with Crippen LogP contribution in [-0.2, 0) is 6.54 Å². The van der Waals surface area contributed by atoms with Gasteiger partial charge in [-0.25, -0.2) is 4.68 Å². The van der Waals surface area contributed by atoms with Crippen LogP contribution in [0, 0.1) is 18.3 Å². The van der Waals surface area contributed by atoms with Crippen molar-refractivity contribution in [1.29, 1.82) is 0 Å². The second-order valence-electron chi connectivity index (χ2n) is 5.14. The Morgan fingerprint density at radius 3 is 2.84 bits per heavy atom. The number of anilines is 1. The molecule has 0 bridgehead atoms. The van der Waals surface area contributed by atoms with Gasteiger partial charge in [0.05, 0.1) is 11.9 Å². The molecule has 1 saturated carbocycles. The summed E-state index contributed by atoms with van der Waals surface area (Å²) in [6.07, 6.45) is 11.6. The lowest BCUT2D eigenvalue weighted by molar-refractivity contribution is 0.361. The van der Waals surface area contributed by atoms with Crippen LogP contribution in [0.2, 0.25) is 0 Å². The van der Waals surface area contributed by atoms with Crippen molar-refractivity contribution in [3.8, 4) is 12.3 Å². The van der Waals surface area contributed by atoms with Crippen molar-refractivity contribution in [3.05, 3.63) is 21.0 Å². The van der Waals surface area contributed by atoms with Crippen molar-refractivity contribution >= 4 is 21.6 Å². The highest BCUT2D eigenvalue weighted by molar-refractivity contribution is 9.10. The van der Waals surface area contributed by atoms with E-state index < -0.39 is 0 Å². The fraction of sp³-hybridized carbons (Fsp3) is 0.571. The second-order valence-corrected chi connectivity index (χ2v) is 5.93. The Morgan fingerprint density at radius 1 is 1.53 bits per heavy atom. The van der Waals surface area contributed by atoms with Gasteiger partial charge in [0.1, 0.15) is 11.0 Å². The summed E-state index contributed by atoms with van der Waals surface area (Å²) in [6, 6.07) is 0.428. The summed E-state index contributed by atoms with van der Waals surface area (Å²) in [6.45, 7) is 2.48. The maximum Gasteiger partial charge on any atom is 0.284 e. The molecule has 19 heavy (non-hydrogen) atoms. The minimum Gasteiger partial charge on any atom is -0.380 e. The summed E-state index contributed by atoms with van der Waals surface area (Å²) >= 11 is 3.34. The van der Waals surface area contributed by atoms with E-state index in [1.807, 2.05) is 0 Å². The van der Waals surface area contributed by atoms with Crippen LogP contribution in [0.15, 0.2) is 15.5 Å². The van der Waals surface area contributed by atoms with Crippen molar-refractivity contribution in [1.82, 2.24) is 9.78 Å². The van der Waals surface area contributed by atoms with Gasteiger partial charge in [0, 0.05) is 6.04 Å². The highest BCUT2D eigenvalue weighted by atomic mass is 79.9. The molecule has 102 valence electrons. The monoisotopic (exact) mass is 323 g/mol. The first kappa shape index (κ1) is 14.1. The summed E-state index contributed by atoms with van der Waals surface area (Å²) < 4.78 is 1.79. The molecule has 2 rings (SSSR count). The number of nitrogens with one attached hydrogen (secondary N) is 1. The van der Waals surface area contributed by atoms with E-state index in [-0.39, 0.29) is 12.1 Å². The SMILES string of the molecule is C#CCn1ncc(NC2CCC(C)CC2)c(Br)c1=O. The predicted octanol–water partition coefficient (Wildman–Crippen LogP) is 2.63. The van der Waals surface area contributed by atoms with Gasteiger partial charge in [-0.1, -0.05) is 12.8 Å². The van der Waals surface area contributed by atoms with Gasteiger partial charge in [0.25, 0.3) is 5.56 Å². The molecular formula is C14H18BrN3O. The first-order valence-corrected chi connectivity index (χ1v) is 7.36. The minimum absolute atomic E-state index is 0.188. The van der Waals surface area contributed by atoms with E-state index in [0.29, 0.717) is 10.5 Å². The van der Waals surface area contributed by atoms with Crippen LogP contribution in [0.3, 0.4) is 0 Å². The van der Waals surface area contributed by atoms with E-state index in [2.05, 4.69) is 39.2 Å². The van der Waals surface area contributed by atoms with E-state index in [4.69, 9.17) is 6.42 Å². The fourth-order valence-corrected chi connectivity index (χ4v) is 2.81. The molecule has 1 aromatic rings. The summed E-state index contributed by atoms with van der Waals surface area (Å²) in [5, 5.41) is 7.48. The van der Waals surface area contributed by atoms with Crippen LogP contribution in [-0.4, -0.2) is 15.8 Å². The van der Waals surface area contributed by atoms with Gasteiger partial charge in [-0.15, -0.1) is 6.42 Å². The van der Waals surface area contributed by atoms with Crippen molar-refractivity contribution in [3.63, 3.8) is 0 Å². The topological polar surface area (TPSA) is 46.9 Å².